The van der Waals surface area contributed by atoms with Gasteiger partial charge in [-0.1, -0.05) is 76.1 Å². The minimum atomic E-state index is -3.90. The summed E-state index contributed by atoms with van der Waals surface area (Å²) in [6, 6.07) is 10.0. The second-order valence-corrected chi connectivity index (χ2v) is 6.47. The molecule has 8 heteroatoms. The maximum absolute atomic E-state index is 10.3. The van der Waals surface area contributed by atoms with Gasteiger partial charge in [0.05, 0.1) is 12.0 Å². The Labute approximate surface area is 173 Å². The highest BCUT2D eigenvalue weighted by molar-refractivity contribution is 7.88. The number of unbranched alkanes of at least 4 members (excludes halogenated alkanes) is 1. The Morgan fingerprint density at radius 2 is 1.59 bits per heavy atom. The van der Waals surface area contributed by atoms with Crippen LogP contribution in [-0.4, -0.2) is 36.6 Å². The van der Waals surface area contributed by atoms with Gasteiger partial charge >= 0.3 is 11.9 Å². The monoisotopic (exact) mass is 426 g/mol. The van der Waals surface area contributed by atoms with Crippen molar-refractivity contribution in [3.8, 4) is 0 Å². The van der Waals surface area contributed by atoms with Gasteiger partial charge in [0.1, 0.15) is 0 Å². The minimum absolute atomic E-state index is 0.176. The second kappa shape index (κ2) is 19.8. The van der Waals surface area contributed by atoms with Crippen LogP contribution in [0.4, 0.5) is 0 Å². The molecule has 0 aliphatic rings. The normalized spacial score (nSPS) is 8.79. The predicted molar refractivity (Wildman–Crippen MR) is 117 cm³/mol. The molecule has 1 aromatic rings. The van der Waals surface area contributed by atoms with E-state index in [4.69, 9.17) is 9.66 Å². The molecule has 162 valence electrons. The third-order valence-electron chi connectivity index (χ3n) is 2.52. The first-order valence-electron chi connectivity index (χ1n) is 8.40. The van der Waals surface area contributed by atoms with Crippen molar-refractivity contribution in [1.29, 1.82) is 0 Å². The van der Waals surface area contributed by atoms with Gasteiger partial charge in [0.2, 0.25) is 0 Å². The van der Waals surface area contributed by atoms with Gasteiger partial charge in [-0.2, -0.15) is 8.42 Å². The highest BCUT2D eigenvalue weighted by Crippen LogP contribution is 1.97. The number of carbonyl (C=O) groups is 2. The van der Waals surface area contributed by atoms with Crippen LogP contribution in [0.2, 0.25) is 0 Å². The lowest BCUT2D eigenvalue weighted by atomic mass is 10.2. The van der Waals surface area contributed by atoms with E-state index in [0.29, 0.717) is 12.0 Å². The first kappa shape index (κ1) is 30.7. The zero-order valence-electron chi connectivity index (χ0n) is 16.9. The number of hydrogen-bond acceptors (Lipinski definition) is 5. The van der Waals surface area contributed by atoms with Crippen molar-refractivity contribution < 1.29 is 32.4 Å². The fraction of sp³-hybridized carbons (Fsp3) is 0.238. The number of ether oxygens (including phenoxy) is 1. The van der Waals surface area contributed by atoms with Crippen LogP contribution in [0.15, 0.2) is 73.7 Å². The summed E-state index contributed by atoms with van der Waals surface area (Å²) in [5.41, 5.74) is 1.35. The molecular formula is C21H30O7S. The average Bonchev–Trinajstić information content (AvgIpc) is 2.69. The van der Waals surface area contributed by atoms with Gasteiger partial charge in [0.15, 0.2) is 0 Å². The predicted octanol–water partition coefficient (Wildman–Crippen LogP) is 4.51. The first-order valence-corrected chi connectivity index (χ1v) is 9.90. The highest BCUT2D eigenvalue weighted by Gasteiger charge is 1.91. The summed E-state index contributed by atoms with van der Waals surface area (Å²) in [6.45, 7) is 16.9. The van der Waals surface area contributed by atoms with Gasteiger partial charge in [-0.15, -0.1) is 0 Å². The van der Waals surface area contributed by atoms with Crippen molar-refractivity contribution in [3.05, 3.63) is 79.3 Å². The molecular weight excluding hydrogens is 396 g/mol. The standard InChI is InChI=1S/C8H8.C7H12O2.C4H6O2.C2H4O3S/c1-2-8-6-4-3-5-7-8;1-3-5-6-9-7(8)4-2;1-3(2)4(5)6;1-2-6(3,4)5/h2-7H,1H2;4H,2-3,5-6H2,1H3;1H2,2H3,(H,5,6);2H,1H2,(H,3,4,5). The number of carboxylic acid groups (broad SMARTS) is 1. The Hall–Kier alpha value is -2.97. The topological polar surface area (TPSA) is 118 Å². The van der Waals surface area contributed by atoms with E-state index in [-0.39, 0.29) is 11.5 Å². The van der Waals surface area contributed by atoms with Crippen molar-refractivity contribution in [2.24, 2.45) is 0 Å². The Bertz CT molecular complexity index is 712. The molecule has 0 amide bonds. The molecule has 7 nitrogen and oxygen atoms in total. The average molecular weight is 427 g/mol. The molecule has 0 saturated carbocycles. The molecule has 0 fully saturated rings. The number of carboxylic acids is 1. The van der Waals surface area contributed by atoms with Gasteiger partial charge in [0, 0.05) is 11.6 Å². The lowest BCUT2D eigenvalue weighted by Gasteiger charge is -1.97. The molecule has 0 saturated heterocycles. The van der Waals surface area contributed by atoms with Gasteiger partial charge in [-0.05, 0) is 18.9 Å². The van der Waals surface area contributed by atoms with E-state index in [1.54, 1.807) is 0 Å². The van der Waals surface area contributed by atoms with E-state index >= 15 is 0 Å². The molecule has 1 aromatic carbocycles. The Morgan fingerprint density at radius 1 is 1.14 bits per heavy atom. The summed E-state index contributed by atoms with van der Waals surface area (Å²) >= 11 is 0. The molecule has 0 spiro atoms. The van der Waals surface area contributed by atoms with Crippen LogP contribution < -0.4 is 0 Å². The number of hydrogen-bond donors (Lipinski definition) is 2. The quantitative estimate of drug-likeness (QED) is 0.285. The van der Waals surface area contributed by atoms with Gasteiger partial charge in [0.25, 0.3) is 10.1 Å². The van der Waals surface area contributed by atoms with E-state index in [1.165, 1.54) is 18.6 Å². The third-order valence-corrected chi connectivity index (χ3v) is 2.94. The zero-order chi connectivity index (χ0) is 23.3. The van der Waals surface area contributed by atoms with Gasteiger partial charge < -0.3 is 9.84 Å². The lowest BCUT2D eigenvalue weighted by Crippen LogP contribution is -2.00. The SMILES string of the molecule is C=C(C)C(=O)O.C=CC(=O)OCCCC.C=CS(=O)(=O)O.C=Cc1ccccc1. The van der Waals surface area contributed by atoms with Crippen molar-refractivity contribution in [3.63, 3.8) is 0 Å². The zero-order valence-corrected chi connectivity index (χ0v) is 17.7. The first-order chi connectivity index (χ1) is 13.4. The van der Waals surface area contributed by atoms with Crippen LogP contribution in [0.3, 0.4) is 0 Å². The van der Waals surface area contributed by atoms with Gasteiger partial charge in [-0.3, -0.25) is 4.55 Å². The number of benzene rings is 1. The molecule has 0 atom stereocenters. The smallest absolute Gasteiger partial charge is 0.330 e. The summed E-state index contributed by atoms with van der Waals surface area (Å²) in [5, 5.41) is 8.36. The number of carbonyl (C=O) groups excluding carboxylic acids is 1. The molecule has 29 heavy (non-hydrogen) atoms. The minimum Gasteiger partial charge on any atom is -0.478 e. The molecule has 0 aliphatic heterocycles. The second-order valence-electron chi connectivity index (χ2n) is 5.11. The summed E-state index contributed by atoms with van der Waals surface area (Å²) in [6.07, 6.45) is 4.99. The molecule has 0 unspecified atom stereocenters. The Morgan fingerprint density at radius 3 is 1.83 bits per heavy atom. The molecule has 0 aliphatic carbocycles. The fourth-order valence-electron chi connectivity index (χ4n) is 0.965. The fourth-order valence-corrected chi connectivity index (χ4v) is 0.965. The van der Waals surface area contributed by atoms with Crippen LogP contribution >= 0.6 is 0 Å². The maximum Gasteiger partial charge on any atom is 0.330 e. The third kappa shape index (κ3) is 30.0. The summed E-state index contributed by atoms with van der Waals surface area (Å²) in [4.78, 5) is 19.9. The lowest BCUT2D eigenvalue weighted by molar-refractivity contribution is -0.138. The molecule has 0 radical (unpaired) electrons. The molecule has 0 heterocycles. The Balaban J connectivity index is -0.000000316. The summed E-state index contributed by atoms with van der Waals surface area (Å²) in [5.74, 6) is -1.27. The van der Waals surface area contributed by atoms with Gasteiger partial charge in [-0.25, -0.2) is 9.59 Å². The molecule has 2 N–H and O–H groups in total. The van der Waals surface area contributed by atoms with Crippen molar-refractivity contribution >= 4 is 28.1 Å². The summed E-state index contributed by atoms with van der Waals surface area (Å²) in [7, 11) is -3.90. The van der Waals surface area contributed by atoms with Crippen LogP contribution in [-0.2, 0) is 24.4 Å². The molecule has 0 aromatic heterocycles. The molecule has 0 bridgehead atoms. The number of rotatable bonds is 7. The van der Waals surface area contributed by atoms with E-state index in [0.717, 1.165) is 12.8 Å². The van der Waals surface area contributed by atoms with Crippen LogP contribution in [0.1, 0.15) is 32.3 Å². The molecule has 1 rings (SSSR count). The van der Waals surface area contributed by atoms with Crippen molar-refractivity contribution in [1.82, 2.24) is 0 Å². The van der Waals surface area contributed by atoms with Crippen molar-refractivity contribution in [2.45, 2.75) is 26.7 Å². The van der Waals surface area contributed by atoms with Crippen molar-refractivity contribution in [2.75, 3.05) is 6.61 Å². The van der Waals surface area contributed by atoms with E-state index < -0.39 is 16.1 Å². The van der Waals surface area contributed by atoms with E-state index in [2.05, 4.69) is 31.1 Å². The summed E-state index contributed by atoms with van der Waals surface area (Å²) < 4.78 is 31.2. The van der Waals surface area contributed by atoms with Crippen LogP contribution in [0, 0.1) is 0 Å². The van der Waals surface area contributed by atoms with E-state index in [1.807, 2.05) is 43.3 Å². The number of esters is 1. The Kier molecular flexibility index (Phi) is 21.0. The van der Waals surface area contributed by atoms with E-state index in [9.17, 15) is 18.0 Å². The largest absolute Gasteiger partial charge is 0.478 e. The highest BCUT2D eigenvalue weighted by atomic mass is 32.2. The number of aliphatic carboxylic acids is 1. The van der Waals surface area contributed by atoms with Crippen LogP contribution in [0.5, 0.6) is 0 Å². The maximum atomic E-state index is 10.3. The van der Waals surface area contributed by atoms with Crippen LogP contribution in [0.25, 0.3) is 6.08 Å².